The van der Waals surface area contributed by atoms with Crippen molar-refractivity contribution in [2.45, 2.75) is 87.6 Å². The molecular weight excluding hydrogens is 540 g/mol. The van der Waals surface area contributed by atoms with Gasteiger partial charge in [-0.3, -0.25) is 4.90 Å². The summed E-state index contributed by atoms with van der Waals surface area (Å²) in [6.07, 6.45) is 12.2. The molecule has 4 aliphatic rings. The Morgan fingerprint density at radius 2 is 1.73 bits per heavy atom. The van der Waals surface area contributed by atoms with Gasteiger partial charge in [0.1, 0.15) is 11.6 Å². The number of hydrogen-bond acceptors (Lipinski definition) is 9. The zero-order valence-corrected chi connectivity index (χ0v) is 24.8. The van der Waals surface area contributed by atoms with E-state index in [4.69, 9.17) is 36.5 Å². The molecule has 5 heterocycles. The first kappa shape index (κ1) is 29.1. The first-order chi connectivity index (χ1) is 20.0. The van der Waals surface area contributed by atoms with Gasteiger partial charge in [0.05, 0.1) is 22.9 Å². The second kappa shape index (κ2) is 13.5. The summed E-state index contributed by atoms with van der Waals surface area (Å²) in [7, 11) is 0. The molecular formula is C31H45ClN6O3. The Morgan fingerprint density at radius 1 is 0.976 bits per heavy atom. The zero-order chi connectivity index (χ0) is 28.1. The molecule has 0 spiro atoms. The van der Waals surface area contributed by atoms with E-state index in [1.165, 1.54) is 32.1 Å². The van der Waals surface area contributed by atoms with Crippen molar-refractivity contribution in [1.82, 2.24) is 14.9 Å². The van der Waals surface area contributed by atoms with E-state index in [0.29, 0.717) is 49.1 Å². The van der Waals surface area contributed by atoms with Crippen molar-refractivity contribution in [3.63, 3.8) is 0 Å². The Kier molecular flexibility index (Phi) is 9.59. The molecule has 2 aromatic heterocycles. The van der Waals surface area contributed by atoms with Crippen molar-refractivity contribution in [1.29, 1.82) is 0 Å². The number of halogens is 1. The van der Waals surface area contributed by atoms with E-state index in [2.05, 4.69) is 20.5 Å². The van der Waals surface area contributed by atoms with Crippen LogP contribution in [-0.2, 0) is 14.2 Å². The molecule has 3 saturated heterocycles. The van der Waals surface area contributed by atoms with Gasteiger partial charge in [0, 0.05) is 75.4 Å². The minimum Gasteiger partial charge on any atom is -0.381 e. The first-order valence-electron chi connectivity index (χ1n) is 15.5. The number of aromatic nitrogens is 2. The van der Waals surface area contributed by atoms with Crippen LogP contribution in [0.4, 0.5) is 11.6 Å². The number of hydrogen-bond donors (Lipinski definition) is 3. The lowest BCUT2D eigenvalue weighted by molar-refractivity contribution is 0.0207. The molecule has 0 bridgehead atoms. The molecule has 0 radical (unpaired) electrons. The third kappa shape index (κ3) is 7.69. The highest BCUT2D eigenvalue weighted by Gasteiger charge is 2.34. The smallest absolute Gasteiger partial charge is 0.126 e. The Hall–Kier alpha value is -2.01. The minimum atomic E-state index is -0.274. The van der Waals surface area contributed by atoms with E-state index in [1.54, 1.807) is 6.20 Å². The second-order valence-corrected chi connectivity index (χ2v) is 12.7. The molecule has 4 atom stereocenters. The number of anilines is 2. The van der Waals surface area contributed by atoms with Crippen molar-refractivity contribution in [2.75, 3.05) is 56.7 Å². The molecule has 2 aromatic rings. The largest absolute Gasteiger partial charge is 0.381 e. The quantitative estimate of drug-likeness (QED) is 0.346. The van der Waals surface area contributed by atoms with Crippen LogP contribution in [0.5, 0.6) is 0 Å². The van der Waals surface area contributed by atoms with Gasteiger partial charge in [0.25, 0.3) is 0 Å². The number of rotatable bonds is 11. The number of nitrogens with one attached hydrogen (secondary N) is 2. The fraction of sp³-hybridized carbons (Fsp3) is 0.677. The molecule has 1 aliphatic carbocycles. The summed E-state index contributed by atoms with van der Waals surface area (Å²) in [5.74, 6) is 1.63. The summed E-state index contributed by atoms with van der Waals surface area (Å²) in [5, 5.41) is 7.73. The highest BCUT2D eigenvalue weighted by Crippen LogP contribution is 2.32. The summed E-state index contributed by atoms with van der Waals surface area (Å²) in [6, 6.07) is 8.87. The summed E-state index contributed by atoms with van der Waals surface area (Å²) in [5.41, 5.74) is 7.97. The lowest BCUT2D eigenvalue weighted by atomic mass is 9.91. The van der Waals surface area contributed by atoms with Crippen molar-refractivity contribution in [3.8, 4) is 11.3 Å². The predicted octanol–water partition coefficient (Wildman–Crippen LogP) is 4.71. The molecule has 4 fully saturated rings. The third-order valence-electron chi connectivity index (χ3n) is 9.19. The maximum atomic E-state index is 6.63. The van der Waals surface area contributed by atoms with Crippen LogP contribution < -0.4 is 16.4 Å². The summed E-state index contributed by atoms with van der Waals surface area (Å²) < 4.78 is 17.5. The molecule has 6 rings (SSSR count). The molecule has 9 nitrogen and oxygen atoms in total. The molecule has 41 heavy (non-hydrogen) atoms. The average Bonchev–Trinajstić information content (AvgIpc) is 3.78. The van der Waals surface area contributed by atoms with Crippen LogP contribution in [0.2, 0.25) is 5.02 Å². The number of ether oxygens (including phenoxy) is 3. The van der Waals surface area contributed by atoms with Crippen LogP contribution >= 0.6 is 11.6 Å². The van der Waals surface area contributed by atoms with Crippen LogP contribution in [0.1, 0.15) is 57.8 Å². The van der Waals surface area contributed by atoms with Gasteiger partial charge >= 0.3 is 0 Å². The normalized spacial score (nSPS) is 27.9. The average molecular weight is 585 g/mol. The number of nitrogens with zero attached hydrogens (tertiary/aromatic N) is 3. The van der Waals surface area contributed by atoms with Crippen molar-refractivity contribution in [3.05, 3.63) is 35.5 Å². The van der Waals surface area contributed by atoms with Gasteiger partial charge < -0.3 is 30.6 Å². The Labute approximate surface area is 248 Å². The molecule has 10 heteroatoms. The van der Waals surface area contributed by atoms with E-state index in [0.717, 1.165) is 74.9 Å². The Balaban J connectivity index is 1.09. The monoisotopic (exact) mass is 584 g/mol. The van der Waals surface area contributed by atoms with Gasteiger partial charge in [0.15, 0.2) is 0 Å². The molecule has 4 N–H and O–H groups in total. The van der Waals surface area contributed by atoms with Crippen molar-refractivity contribution < 1.29 is 14.2 Å². The van der Waals surface area contributed by atoms with Crippen LogP contribution in [0.15, 0.2) is 30.5 Å². The molecule has 1 saturated carbocycles. The highest BCUT2D eigenvalue weighted by atomic mass is 35.5. The van der Waals surface area contributed by atoms with Gasteiger partial charge in [-0.05, 0) is 76.0 Å². The lowest BCUT2D eigenvalue weighted by Crippen LogP contribution is -2.50. The van der Waals surface area contributed by atoms with Crippen molar-refractivity contribution >= 4 is 23.2 Å². The van der Waals surface area contributed by atoms with Crippen LogP contribution in [0.25, 0.3) is 11.3 Å². The standard InChI is InChI=1S/C31H45ClN6O3/c32-27-18-34-30(17-26(27)28-6-1-7-29(37-28)35-21-31(33)10-14-39-15-11-31)36-22-8-9-23(16-22)38(19-24-4-2-12-40-24)20-25-5-3-13-41-25/h1,6-7,17-18,22-25H,2-5,8-16,19-21,33H2,(H,34,36)(H,35,37)/t22-,23-,24?,25?/m1/s1. The van der Waals surface area contributed by atoms with E-state index >= 15 is 0 Å². The summed E-state index contributed by atoms with van der Waals surface area (Å²) in [4.78, 5) is 12.1. The number of pyridine rings is 2. The molecule has 0 amide bonds. The fourth-order valence-electron chi connectivity index (χ4n) is 6.72. The van der Waals surface area contributed by atoms with E-state index < -0.39 is 0 Å². The van der Waals surface area contributed by atoms with Crippen LogP contribution in [0.3, 0.4) is 0 Å². The SMILES string of the molecule is NC1(CNc2cccc(-c3cc(N[C@@H]4CC[C@@H](N(CC5CCCO5)CC5CCCO5)C4)ncc3Cl)n2)CCOCC1. The fourth-order valence-corrected chi connectivity index (χ4v) is 6.92. The van der Waals surface area contributed by atoms with Crippen LogP contribution in [0, 0.1) is 0 Å². The van der Waals surface area contributed by atoms with Gasteiger partial charge in [0.2, 0.25) is 0 Å². The summed E-state index contributed by atoms with van der Waals surface area (Å²) >= 11 is 6.63. The van der Waals surface area contributed by atoms with E-state index in [9.17, 15) is 0 Å². The Morgan fingerprint density at radius 3 is 2.44 bits per heavy atom. The van der Waals surface area contributed by atoms with Gasteiger partial charge in [-0.15, -0.1) is 0 Å². The molecule has 2 unspecified atom stereocenters. The van der Waals surface area contributed by atoms with E-state index in [1.807, 2.05) is 24.3 Å². The first-order valence-corrected chi connectivity index (χ1v) is 15.9. The van der Waals surface area contributed by atoms with Gasteiger partial charge in [-0.25, -0.2) is 9.97 Å². The minimum absolute atomic E-state index is 0.274. The second-order valence-electron chi connectivity index (χ2n) is 12.3. The summed E-state index contributed by atoms with van der Waals surface area (Å²) in [6.45, 7) is 5.88. The van der Waals surface area contributed by atoms with Crippen LogP contribution in [-0.4, -0.2) is 90.8 Å². The van der Waals surface area contributed by atoms with E-state index in [-0.39, 0.29) is 5.54 Å². The predicted molar refractivity (Wildman–Crippen MR) is 163 cm³/mol. The maximum absolute atomic E-state index is 6.63. The topological polar surface area (TPSA) is 107 Å². The molecule has 0 aromatic carbocycles. The van der Waals surface area contributed by atoms with Gasteiger partial charge in [-0.1, -0.05) is 17.7 Å². The Bertz CT molecular complexity index is 1120. The third-order valence-corrected chi connectivity index (χ3v) is 9.49. The van der Waals surface area contributed by atoms with Crippen molar-refractivity contribution in [2.24, 2.45) is 5.73 Å². The number of nitrogens with two attached hydrogens (primary N) is 1. The zero-order valence-electron chi connectivity index (χ0n) is 24.0. The molecule has 3 aliphatic heterocycles. The highest BCUT2D eigenvalue weighted by molar-refractivity contribution is 6.33. The maximum Gasteiger partial charge on any atom is 0.126 e. The van der Waals surface area contributed by atoms with Gasteiger partial charge in [-0.2, -0.15) is 0 Å². The lowest BCUT2D eigenvalue weighted by Gasteiger charge is -2.33. The molecule has 224 valence electrons.